The lowest BCUT2D eigenvalue weighted by Crippen LogP contribution is -1.89. The molecule has 2 heterocycles. The molecule has 7 heteroatoms. The number of hydrogen-bond acceptors (Lipinski definition) is 7. The summed E-state index contributed by atoms with van der Waals surface area (Å²) in [6.07, 6.45) is 0.721. The Bertz CT molecular complexity index is 1280. The highest BCUT2D eigenvalue weighted by atomic mass is 16.5. The molecule has 0 saturated carbocycles. The van der Waals surface area contributed by atoms with E-state index in [4.69, 9.17) is 8.94 Å². The summed E-state index contributed by atoms with van der Waals surface area (Å²) in [5.74, 6) is 0.898. The molecule has 5 rings (SSSR count). The van der Waals surface area contributed by atoms with Gasteiger partial charge in [0.1, 0.15) is 5.75 Å². The van der Waals surface area contributed by atoms with E-state index in [1.165, 1.54) is 5.56 Å². The highest BCUT2D eigenvalue weighted by Gasteiger charge is 2.19. The first-order valence-corrected chi connectivity index (χ1v) is 9.35. The highest BCUT2D eigenvalue weighted by Crippen LogP contribution is 2.31. The standard InChI is InChI=1S/C23H16N4O3/c28-19-12-11-16(13-15-7-3-1-4-8-15)14-18(19)22-24-20(27-30-22)23-26-25-21(29-23)17-9-5-2-6-10-17/h1-12,14,28H,13H2. The predicted octanol–water partition coefficient (Wildman–Crippen LogP) is 4.75. The van der Waals surface area contributed by atoms with Crippen molar-refractivity contribution >= 4 is 0 Å². The van der Waals surface area contributed by atoms with E-state index in [0.717, 1.165) is 17.5 Å². The number of phenols is 1. The number of benzene rings is 3. The molecule has 30 heavy (non-hydrogen) atoms. The summed E-state index contributed by atoms with van der Waals surface area (Å²) in [5, 5.41) is 22.3. The molecule has 3 aromatic carbocycles. The Kier molecular flexibility index (Phi) is 4.53. The Balaban J connectivity index is 1.43. The van der Waals surface area contributed by atoms with Gasteiger partial charge in [-0.3, -0.25) is 0 Å². The molecule has 0 atom stereocenters. The lowest BCUT2D eigenvalue weighted by molar-refractivity contribution is 0.423. The second-order valence-corrected chi connectivity index (χ2v) is 6.72. The Labute approximate surface area is 171 Å². The quantitative estimate of drug-likeness (QED) is 0.458. The van der Waals surface area contributed by atoms with Crippen LogP contribution < -0.4 is 0 Å². The van der Waals surface area contributed by atoms with Crippen LogP contribution in [-0.4, -0.2) is 25.4 Å². The lowest BCUT2D eigenvalue weighted by atomic mass is 10.0. The van der Waals surface area contributed by atoms with E-state index in [1.807, 2.05) is 60.7 Å². The summed E-state index contributed by atoms with van der Waals surface area (Å²) in [4.78, 5) is 4.33. The first-order chi connectivity index (χ1) is 14.8. The van der Waals surface area contributed by atoms with E-state index >= 15 is 0 Å². The van der Waals surface area contributed by atoms with Gasteiger partial charge in [0.15, 0.2) is 0 Å². The van der Waals surface area contributed by atoms with Crippen molar-refractivity contribution in [2.24, 2.45) is 0 Å². The predicted molar refractivity (Wildman–Crippen MR) is 109 cm³/mol. The normalized spacial score (nSPS) is 10.9. The molecule has 0 amide bonds. The van der Waals surface area contributed by atoms with Crippen LogP contribution in [0, 0.1) is 0 Å². The Hall–Kier alpha value is -4.26. The third-order valence-corrected chi connectivity index (χ3v) is 4.61. The lowest BCUT2D eigenvalue weighted by Gasteiger charge is -2.05. The minimum Gasteiger partial charge on any atom is -0.507 e. The summed E-state index contributed by atoms with van der Waals surface area (Å²) in [7, 11) is 0. The van der Waals surface area contributed by atoms with Crippen LogP contribution in [0.4, 0.5) is 0 Å². The molecule has 0 aliphatic rings. The molecule has 7 nitrogen and oxygen atoms in total. The average Bonchev–Trinajstić information content (AvgIpc) is 3.46. The fourth-order valence-electron chi connectivity index (χ4n) is 3.13. The van der Waals surface area contributed by atoms with E-state index in [2.05, 4.69) is 32.5 Å². The SMILES string of the molecule is Oc1ccc(Cc2ccccc2)cc1-c1nc(-c2nnc(-c3ccccc3)o2)no1. The molecule has 146 valence electrons. The van der Waals surface area contributed by atoms with Crippen LogP contribution >= 0.6 is 0 Å². The number of aromatic hydroxyl groups is 1. The van der Waals surface area contributed by atoms with Crippen LogP contribution in [0.25, 0.3) is 34.6 Å². The zero-order chi connectivity index (χ0) is 20.3. The van der Waals surface area contributed by atoms with E-state index < -0.39 is 0 Å². The molecule has 0 aliphatic heterocycles. The van der Waals surface area contributed by atoms with E-state index in [0.29, 0.717) is 11.5 Å². The van der Waals surface area contributed by atoms with Crippen molar-refractivity contribution in [2.75, 3.05) is 0 Å². The van der Waals surface area contributed by atoms with Gasteiger partial charge in [0.25, 0.3) is 17.6 Å². The summed E-state index contributed by atoms with van der Waals surface area (Å²) in [6, 6.07) is 24.8. The molecule has 0 aliphatic carbocycles. The van der Waals surface area contributed by atoms with Crippen molar-refractivity contribution in [3.8, 4) is 40.4 Å². The third-order valence-electron chi connectivity index (χ3n) is 4.61. The second kappa shape index (κ2) is 7.63. The van der Waals surface area contributed by atoms with Crippen LogP contribution in [0.2, 0.25) is 0 Å². The maximum atomic E-state index is 10.3. The Morgan fingerprint density at radius 3 is 2.27 bits per heavy atom. The number of hydrogen-bond donors (Lipinski definition) is 1. The van der Waals surface area contributed by atoms with Gasteiger partial charge in [0.05, 0.1) is 5.56 Å². The number of phenolic OH excluding ortho intramolecular Hbond substituents is 1. The summed E-state index contributed by atoms with van der Waals surface area (Å²) in [5.41, 5.74) is 3.42. The smallest absolute Gasteiger partial charge is 0.289 e. The fraction of sp³-hybridized carbons (Fsp3) is 0.0435. The molecule has 0 radical (unpaired) electrons. The number of aromatic nitrogens is 4. The summed E-state index contributed by atoms with van der Waals surface area (Å²) in [6.45, 7) is 0. The molecule has 0 bridgehead atoms. The molecule has 0 spiro atoms. The minimum atomic E-state index is 0.0533. The average molecular weight is 396 g/mol. The third kappa shape index (κ3) is 3.56. The Morgan fingerprint density at radius 2 is 1.47 bits per heavy atom. The van der Waals surface area contributed by atoms with Gasteiger partial charge in [-0.15, -0.1) is 10.2 Å². The van der Waals surface area contributed by atoms with Crippen molar-refractivity contribution in [1.82, 2.24) is 20.3 Å². The van der Waals surface area contributed by atoms with E-state index in [9.17, 15) is 5.11 Å². The Morgan fingerprint density at radius 1 is 0.733 bits per heavy atom. The molecular weight excluding hydrogens is 380 g/mol. The van der Waals surface area contributed by atoms with E-state index in [1.54, 1.807) is 6.07 Å². The topological polar surface area (TPSA) is 98.1 Å². The van der Waals surface area contributed by atoms with Crippen molar-refractivity contribution < 1.29 is 14.0 Å². The van der Waals surface area contributed by atoms with Gasteiger partial charge in [-0.05, 0) is 41.8 Å². The largest absolute Gasteiger partial charge is 0.507 e. The zero-order valence-electron chi connectivity index (χ0n) is 15.8. The van der Waals surface area contributed by atoms with E-state index in [-0.39, 0.29) is 23.4 Å². The van der Waals surface area contributed by atoms with Gasteiger partial charge >= 0.3 is 0 Å². The van der Waals surface area contributed by atoms with Gasteiger partial charge in [-0.1, -0.05) is 59.8 Å². The van der Waals surface area contributed by atoms with Crippen LogP contribution in [-0.2, 0) is 6.42 Å². The maximum absolute atomic E-state index is 10.3. The number of rotatable bonds is 5. The first-order valence-electron chi connectivity index (χ1n) is 9.35. The monoisotopic (exact) mass is 396 g/mol. The van der Waals surface area contributed by atoms with Crippen LogP contribution in [0.5, 0.6) is 5.75 Å². The van der Waals surface area contributed by atoms with Crippen LogP contribution in [0.1, 0.15) is 11.1 Å². The van der Waals surface area contributed by atoms with Gasteiger partial charge < -0.3 is 14.0 Å². The number of nitrogens with zero attached hydrogens (tertiary/aromatic N) is 4. The summed E-state index contributed by atoms with van der Waals surface area (Å²) < 4.78 is 11.0. The van der Waals surface area contributed by atoms with Gasteiger partial charge in [-0.2, -0.15) is 4.98 Å². The molecule has 2 aromatic heterocycles. The molecule has 5 aromatic rings. The van der Waals surface area contributed by atoms with Crippen molar-refractivity contribution in [3.05, 3.63) is 90.0 Å². The first kappa shape index (κ1) is 17.8. The van der Waals surface area contributed by atoms with Gasteiger partial charge in [0, 0.05) is 5.56 Å². The molecule has 1 N–H and O–H groups in total. The summed E-state index contributed by atoms with van der Waals surface area (Å²) >= 11 is 0. The fourth-order valence-corrected chi connectivity index (χ4v) is 3.13. The van der Waals surface area contributed by atoms with Gasteiger partial charge in [0.2, 0.25) is 5.89 Å². The molecule has 0 unspecified atom stereocenters. The molecule has 0 fully saturated rings. The highest BCUT2D eigenvalue weighted by molar-refractivity contribution is 5.65. The van der Waals surface area contributed by atoms with Crippen molar-refractivity contribution in [2.45, 2.75) is 6.42 Å². The van der Waals surface area contributed by atoms with Crippen molar-refractivity contribution in [3.63, 3.8) is 0 Å². The molecule has 0 saturated heterocycles. The zero-order valence-corrected chi connectivity index (χ0v) is 15.8. The van der Waals surface area contributed by atoms with Gasteiger partial charge in [-0.25, -0.2) is 0 Å². The molecular formula is C23H16N4O3. The van der Waals surface area contributed by atoms with Crippen molar-refractivity contribution in [1.29, 1.82) is 0 Å². The van der Waals surface area contributed by atoms with Crippen LogP contribution in [0.15, 0.2) is 87.8 Å². The maximum Gasteiger partial charge on any atom is 0.289 e. The second-order valence-electron chi connectivity index (χ2n) is 6.72. The minimum absolute atomic E-state index is 0.0533. The van der Waals surface area contributed by atoms with Crippen LogP contribution in [0.3, 0.4) is 0 Å².